The third-order valence-corrected chi connectivity index (χ3v) is 2.69. The van der Waals surface area contributed by atoms with Gasteiger partial charge >= 0.3 is 0 Å². The number of rotatable bonds is 4. The van der Waals surface area contributed by atoms with E-state index in [-0.39, 0.29) is 6.10 Å². The second-order valence-electron chi connectivity index (χ2n) is 3.36. The first-order valence-corrected chi connectivity index (χ1v) is 5.43. The van der Waals surface area contributed by atoms with Gasteiger partial charge in [-0.05, 0) is 53.4 Å². The van der Waals surface area contributed by atoms with Crippen LogP contribution in [-0.4, -0.2) is 18.3 Å². The van der Waals surface area contributed by atoms with Crippen molar-refractivity contribution in [3.05, 3.63) is 28.2 Å². The van der Waals surface area contributed by atoms with Crippen molar-refractivity contribution in [2.24, 2.45) is 0 Å². The summed E-state index contributed by atoms with van der Waals surface area (Å²) < 4.78 is 6.09. The highest BCUT2D eigenvalue weighted by atomic mass is 79.9. The minimum atomic E-state index is -0.240. The molecule has 0 heterocycles. The molecule has 0 unspecified atom stereocenters. The fraction of sp³-hybridized carbons (Fsp3) is 0.455. The molecular formula is C11H15BrO2. The van der Waals surface area contributed by atoms with Crippen LogP contribution in [-0.2, 0) is 6.42 Å². The summed E-state index contributed by atoms with van der Waals surface area (Å²) in [5, 5.41) is 9.15. The number of ether oxygens (including phenoxy) is 1. The summed E-state index contributed by atoms with van der Waals surface area (Å²) >= 11 is 3.43. The largest absolute Gasteiger partial charge is 0.496 e. The van der Waals surface area contributed by atoms with Crippen molar-refractivity contribution >= 4 is 15.9 Å². The summed E-state index contributed by atoms with van der Waals surface area (Å²) in [5.74, 6) is 0.839. The van der Waals surface area contributed by atoms with Crippen LogP contribution in [0.1, 0.15) is 18.9 Å². The van der Waals surface area contributed by atoms with Gasteiger partial charge in [-0.1, -0.05) is 6.07 Å². The average Bonchev–Trinajstić information content (AvgIpc) is 2.15. The molecule has 1 aromatic rings. The highest BCUT2D eigenvalue weighted by molar-refractivity contribution is 9.10. The lowest BCUT2D eigenvalue weighted by Crippen LogP contribution is -2.01. The van der Waals surface area contributed by atoms with Gasteiger partial charge in [0.05, 0.1) is 17.7 Å². The highest BCUT2D eigenvalue weighted by Gasteiger charge is 2.02. The molecule has 14 heavy (non-hydrogen) atoms. The van der Waals surface area contributed by atoms with Crippen LogP contribution in [0.5, 0.6) is 5.75 Å². The van der Waals surface area contributed by atoms with Crippen molar-refractivity contribution in [1.82, 2.24) is 0 Å². The van der Waals surface area contributed by atoms with Crippen molar-refractivity contribution in [3.8, 4) is 5.75 Å². The van der Waals surface area contributed by atoms with Crippen molar-refractivity contribution in [3.63, 3.8) is 0 Å². The monoisotopic (exact) mass is 258 g/mol. The quantitative estimate of drug-likeness (QED) is 0.900. The van der Waals surface area contributed by atoms with E-state index in [1.54, 1.807) is 14.0 Å². The van der Waals surface area contributed by atoms with Gasteiger partial charge in [-0.3, -0.25) is 0 Å². The van der Waals surface area contributed by atoms with Crippen LogP contribution in [0.15, 0.2) is 22.7 Å². The number of aliphatic hydroxyl groups excluding tert-OH is 1. The molecule has 0 spiro atoms. The van der Waals surface area contributed by atoms with Crippen LogP contribution in [0.2, 0.25) is 0 Å². The summed E-state index contributed by atoms with van der Waals surface area (Å²) in [7, 11) is 1.65. The van der Waals surface area contributed by atoms with Gasteiger partial charge in [-0.25, -0.2) is 0 Å². The standard InChI is InChI=1S/C11H15BrO2/c1-8(13)3-4-9-5-6-11(14-2)10(12)7-9/h5-8,13H,3-4H2,1-2H3/t8-/m1/s1. The zero-order chi connectivity index (χ0) is 10.6. The van der Waals surface area contributed by atoms with Crippen LogP contribution < -0.4 is 4.74 Å². The Morgan fingerprint density at radius 3 is 2.71 bits per heavy atom. The predicted molar refractivity (Wildman–Crippen MR) is 60.7 cm³/mol. The summed E-state index contributed by atoms with van der Waals surface area (Å²) in [6.07, 6.45) is 1.44. The summed E-state index contributed by atoms with van der Waals surface area (Å²) in [4.78, 5) is 0. The molecule has 1 rings (SSSR count). The van der Waals surface area contributed by atoms with Gasteiger partial charge in [0.25, 0.3) is 0 Å². The van der Waals surface area contributed by atoms with E-state index in [9.17, 15) is 0 Å². The van der Waals surface area contributed by atoms with E-state index in [1.165, 1.54) is 5.56 Å². The van der Waals surface area contributed by atoms with E-state index in [4.69, 9.17) is 9.84 Å². The maximum Gasteiger partial charge on any atom is 0.133 e. The topological polar surface area (TPSA) is 29.5 Å². The lowest BCUT2D eigenvalue weighted by atomic mass is 10.1. The third-order valence-electron chi connectivity index (χ3n) is 2.07. The summed E-state index contributed by atoms with van der Waals surface area (Å²) in [5.41, 5.74) is 1.21. The molecule has 0 bridgehead atoms. The first kappa shape index (κ1) is 11.5. The second-order valence-corrected chi connectivity index (χ2v) is 4.21. The Balaban J connectivity index is 2.66. The smallest absolute Gasteiger partial charge is 0.133 e. The summed E-state index contributed by atoms with van der Waals surface area (Å²) in [6.45, 7) is 1.80. The van der Waals surface area contributed by atoms with E-state index in [0.29, 0.717) is 0 Å². The average molecular weight is 259 g/mol. The van der Waals surface area contributed by atoms with Crippen molar-refractivity contribution in [2.75, 3.05) is 7.11 Å². The van der Waals surface area contributed by atoms with Gasteiger partial charge < -0.3 is 9.84 Å². The maximum absolute atomic E-state index is 9.15. The van der Waals surface area contributed by atoms with Gasteiger partial charge in [0.15, 0.2) is 0 Å². The zero-order valence-corrected chi connectivity index (χ0v) is 10.0. The number of aryl methyl sites for hydroxylation is 1. The van der Waals surface area contributed by atoms with Gasteiger partial charge in [0.1, 0.15) is 5.75 Å². The molecule has 1 N–H and O–H groups in total. The SMILES string of the molecule is COc1ccc(CC[C@@H](C)O)cc1Br. The van der Waals surface area contributed by atoms with E-state index >= 15 is 0 Å². The normalized spacial score (nSPS) is 12.6. The first-order valence-electron chi connectivity index (χ1n) is 4.64. The number of methoxy groups -OCH3 is 1. The maximum atomic E-state index is 9.15. The number of hydrogen-bond acceptors (Lipinski definition) is 2. The lowest BCUT2D eigenvalue weighted by molar-refractivity contribution is 0.185. The Bertz CT molecular complexity index is 297. The van der Waals surface area contributed by atoms with Gasteiger partial charge in [-0.15, -0.1) is 0 Å². The van der Waals surface area contributed by atoms with E-state index in [2.05, 4.69) is 15.9 Å². The Kier molecular flexibility index (Phi) is 4.42. The molecule has 0 aromatic heterocycles. The predicted octanol–water partition coefficient (Wildman–Crippen LogP) is 2.77. The van der Waals surface area contributed by atoms with Gasteiger partial charge in [-0.2, -0.15) is 0 Å². The number of aliphatic hydroxyl groups is 1. The van der Waals surface area contributed by atoms with E-state index in [1.807, 2.05) is 18.2 Å². The van der Waals surface area contributed by atoms with Crippen LogP contribution in [0.25, 0.3) is 0 Å². The molecule has 3 heteroatoms. The third kappa shape index (κ3) is 3.31. The number of hydrogen-bond donors (Lipinski definition) is 1. The van der Waals surface area contributed by atoms with Crippen molar-refractivity contribution in [2.45, 2.75) is 25.9 Å². The highest BCUT2D eigenvalue weighted by Crippen LogP contribution is 2.26. The fourth-order valence-corrected chi connectivity index (χ4v) is 1.83. The Labute approximate surface area is 93.0 Å². The molecule has 0 aliphatic carbocycles. The molecule has 0 saturated heterocycles. The van der Waals surface area contributed by atoms with Crippen LogP contribution in [0, 0.1) is 0 Å². The molecule has 2 nitrogen and oxygen atoms in total. The minimum Gasteiger partial charge on any atom is -0.496 e. The molecule has 78 valence electrons. The van der Waals surface area contributed by atoms with Crippen molar-refractivity contribution < 1.29 is 9.84 Å². The Morgan fingerprint density at radius 1 is 1.50 bits per heavy atom. The fourth-order valence-electron chi connectivity index (χ4n) is 1.24. The van der Waals surface area contributed by atoms with Crippen LogP contribution in [0.4, 0.5) is 0 Å². The summed E-state index contributed by atoms with van der Waals surface area (Å²) in [6, 6.07) is 5.98. The minimum absolute atomic E-state index is 0.240. The molecule has 1 aromatic carbocycles. The lowest BCUT2D eigenvalue weighted by Gasteiger charge is -2.07. The van der Waals surface area contributed by atoms with E-state index in [0.717, 1.165) is 23.1 Å². The first-order chi connectivity index (χ1) is 6.63. The van der Waals surface area contributed by atoms with Crippen LogP contribution >= 0.6 is 15.9 Å². The molecule has 0 aliphatic heterocycles. The van der Waals surface area contributed by atoms with Gasteiger partial charge in [0, 0.05) is 0 Å². The molecule has 1 atom stereocenters. The molecule has 0 saturated carbocycles. The molecular weight excluding hydrogens is 244 g/mol. The van der Waals surface area contributed by atoms with E-state index < -0.39 is 0 Å². The van der Waals surface area contributed by atoms with Crippen LogP contribution in [0.3, 0.4) is 0 Å². The second kappa shape index (κ2) is 5.37. The number of halogens is 1. The molecule has 0 radical (unpaired) electrons. The molecule has 0 fully saturated rings. The zero-order valence-electron chi connectivity index (χ0n) is 8.46. The molecule has 0 amide bonds. The van der Waals surface area contributed by atoms with Gasteiger partial charge in [0.2, 0.25) is 0 Å². The Hall–Kier alpha value is -0.540. The number of benzene rings is 1. The molecule has 0 aliphatic rings. The van der Waals surface area contributed by atoms with Crippen molar-refractivity contribution in [1.29, 1.82) is 0 Å². The Morgan fingerprint density at radius 2 is 2.21 bits per heavy atom.